The van der Waals surface area contributed by atoms with Gasteiger partial charge in [0, 0.05) is 5.92 Å². The first-order valence-corrected chi connectivity index (χ1v) is 7.78. The monoisotopic (exact) mass is 288 g/mol. The summed E-state index contributed by atoms with van der Waals surface area (Å²) < 4.78 is 5.47. The molecular formula is C16H17ClN2O. The van der Waals surface area contributed by atoms with Crippen LogP contribution in [-0.2, 0) is 6.42 Å². The van der Waals surface area contributed by atoms with Crippen molar-refractivity contribution in [2.24, 2.45) is 5.92 Å². The maximum absolute atomic E-state index is 6.18. The molecule has 1 saturated carbocycles. The van der Waals surface area contributed by atoms with Crippen molar-refractivity contribution >= 4 is 11.6 Å². The summed E-state index contributed by atoms with van der Waals surface area (Å²) in [4.78, 5) is 4.53. The summed E-state index contributed by atoms with van der Waals surface area (Å²) in [6, 6.07) is 8.74. The van der Waals surface area contributed by atoms with Gasteiger partial charge in [0.2, 0.25) is 5.89 Å². The van der Waals surface area contributed by atoms with Gasteiger partial charge >= 0.3 is 0 Å². The Balaban J connectivity index is 1.62. The highest BCUT2D eigenvalue weighted by molar-refractivity contribution is 6.20. The van der Waals surface area contributed by atoms with Crippen molar-refractivity contribution in [3.05, 3.63) is 47.1 Å². The van der Waals surface area contributed by atoms with Gasteiger partial charge < -0.3 is 4.52 Å². The number of hydrogen-bond donors (Lipinski definition) is 0. The van der Waals surface area contributed by atoms with Gasteiger partial charge in [-0.15, -0.1) is 11.6 Å². The van der Waals surface area contributed by atoms with Crippen LogP contribution in [0.5, 0.6) is 0 Å². The second-order valence-corrected chi connectivity index (χ2v) is 6.35. The molecule has 4 unspecified atom stereocenters. The number of halogens is 1. The lowest BCUT2D eigenvalue weighted by atomic mass is 9.92. The van der Waals surface area contributed by atoms with Crippen LogP contribution in [0, 0.1) is 5.92 Å². The number of aryl methyl sites for hydroxylation is 1. The molecule has 1 fully saturated rings. The maximum Gasteiger partial charge on any atom is 0.230 e. The summed E-state index contributed by atoms with van der Waals surface area (Å²) in [7, 11) is 0. The number of hydrogen-bond acceptors (Lipinski definition) is 3. The Morgan fingerprint density at radius 3 is 3.05 bits per heavy atom. The zero-order chi connectivity index (χ0) is 13.7. The fourth-order valence-corrected chi connectivity index (χ4v) is 3.68. The third-order valence-electron chi connectivity index (χ3n) is 4.71. The lowest BCUT2D eigenvalue weighted by molar-refractivity contribution is 0.368. The van der Waals surface area contributed by atoms with E-state index in [4.69, 9.17) is 16.1 Å². The van der Waals surface area contributed by atoms with Crippen molar-refractivity contribution in [3.63, 3.8) is 0 Å². The number of nitrogens with zero attached hydrogens (tertiary/aromatic N) is 2. The van der Waals surface area contributed by atoms with E-state index in [2.05, 4.69) is 34.4 Å². The molecule has 0 radical (unpaired) electrons. The highest BCUT2D eigenvalue weighted by atomic mass is 35.5. The smallest absolute Gasteiger partial charge is 0.230 e. The minimum Gasteiger partial charge on any atom is -0.339 e. The Morgan fingerprint density at radius 1 is 1.35 bits per heavy atom. The van der Waals surface area contributed by atoms with Crippen LogP contribution < -0.4 is 0 Å². The second kappa shape index (κ2) is 4.59. The first kappa shape index (κ1) is 12.4. The molecule has 2 aromatic rings. The summed E-state index contributed by atoms with van der Waals surface area (Å²) in [5, 5.41) is 3.91. The molecule has 104 valence electrons. The Morgan fingerprint density at radius 2 is 2.20 bits per heavy atom. The lowest BCUT2D eigenvalue weighted by Gasteiger charge is -2.13. The predicted octanol–water partition coefficient (Wildman–Crippen LogP) is 4.20. The van der Waals surface area contributed by atoms with Crippen LogP contribution in [0.1, 0.15) is 59.8 Å². The first-order chi connectivity index (χ1) is 9.79. The van der Waals surface area contributed by atoms with Gasteiger partial charge in [-0.25, -0.2) is 0 Å². The van der Waals surface area contributed by atoms with Gasteiger partial charge in [-0.2, -0.15) is 4.98 Å². The van der Waals surface area contributed by atoms with Crippen molar-refractivity contribution in [2.75, 3.05) is 0 Å². The topological polar surface area (TPSA) is 38.9 Å². The van der Waals surface area contributed by atoms with E-state index in [-0.39, 0.29) is 5.38 Å². The van der Waals surface area contributed by atoms with Crippen LogP contribution in [0.25, 0.3) is 0 Å². The number of fused-ring (bicyclic) bond motifs is 3. The van der Waals surface area contributed by atoms with E-state index in [1.54, 1.807) is 0 Å². The van der Waals surface area contributed by atoms with Gasteiger partial charge in [0.1, 0.15) is 0 Å². The van der Waals surface area contributed by atoms with Crippen LogP contribution in [0.2, 0.25) is 0 Å². The zero-order valence-corrected chi connectivity index (χ0v) is 12.2. The second-order valence-electron chi connectivity index (χ2n) is 5.82. The largest absolute Gasteiger partial charge is 0.339 e. The highest BCUT2D eigenvalue weighted by Crippen LogP contribution is 2.64. The maximum atomic E-state index is 6.18. The van der Waals surface area contributed by atoms with E-state index in [0.717, 1.165) is 12.3 Å². The van der Waals surface area contributed by atoms with Gasteiger partial charge in [0.05, 0.1) is 5.38 Å². The van der Waals surface area contributed by atoms with E-state index >= 15 is 0 Å². The number of benzene rings is 1. The molecule has 0 aliphatic heterocycles. The summed E-state index contributed by atoms with van der Waals surface area (Å²) in [5.41, 5.74) is 2.96. The molecule has 4 atom stereocenters. The Kier molecular flexibility index (Phi) is 2.84. The molecule has 0 saturated heterocycles. The molecule has 0 amide bonds. The van der Waals surface area contributed by atoms with E-state index < -0.39 is 0 Å². The van der Waals surface area contributed by atoms with Gasteiger partial charge in [0.25, 0.3) is 0 Å². The summed E-state index contributed by atoms with van der Waals surface area (Å²) >= 11 is 6.18. The molecule has 2 aliphatic rings. The van der Waals surface area contributed by atoms with E-state index in [0.29, 0.717) is 23.6 Å². The molecular weight excluding hydrogens is 272 g/mol. The van der Waals surface area contributed by atoms with Crippen molar-refractivity contribution in [1.29, 1.82) is 0 Å². The Hall–Kier alpha value is -1.35. The Labute approximate surface area is 123 Å². The third-order valence-corrected chi connectivity index (χ3v) is 5.21. The average Bonchev–Trinajstić information content (AvgIpc) is 3.04. The fourth-order valence-electron chi connectivity index (χ4n) is 3.60. The number of alkyl halides is 1. The van der Waals surface area contributed by atoms with Crippen LogP contribution in [0.3, 0.4) is 0 Å². The SMILES string of the molecule is CCC(Cl)c1noc(C2C3CCc4ccccc4C32)n1. The van der Waals surface area contributed by atoms with Gasteiger partial charge in [-0.1, -0.05) is 36.3 Å². The molecule has 0 bridgehead atoms. The molecule has 1 heterocycles. The van der Waals surface area contributed by atoms with Crippen molar-refractivity contribution < 1.29 is 4.52 Å². The average molecular weight is 289 g/mol. The highest BCUT2D eigenvalue weighted by Gasteiger charge is 2.56. The van der Waals surface area contributed by atoms with Crippen molar-refractivity contribution in [3.8, 4) is 0 Å². The summed E-state index contributed by atoms with van der Waals surface area (Å²) in [6.45, 7) is 2.03. The van der Waals surface area contributed by atoms with E-state index in [1.165, 1.54) is 24.0 Å². The van der Waals surface area contributed by atoms with Gasteiger partial charge in [0.15, 0.2) is 5.82 Å². The van der Waals surface area contributed by atoms with E-state index in [9.17, 15) is 0 Å². The van der Waals surface area contributed by atoms with Crippen LogP contribution in [-0.4, -0.2) is 10.1 Å². The molecule has 0 N–H and O–H groups in total. The molecule has 0 spiro atoms. The van der Waals surface area contributed by atoms with Gasteiger partial charge in [-0.05, 0) is 42.2 Å². The fraction of sp³-hybridized carbons (Fsp3) is 0.500. The van der Waals surface area contributed by atoms with Gasteiger partial charge in [-0.3, -0.25) is 0 Å². The molecule has 4 heteroatoms. The standard InChI is InChI=1S/C16H17ClN2O/c1-2-12(17)15-18-16(20-19-15)14-11-8-7-9-5-3-4-6-10(9)13(11)14/h3-6,11-14H,2,7-8H2,1H3. The van der Waals surface area contributed by atoms with Crippen LogP contribution in [0.15, 0.2) is 28.8 Å². The molecule has 4 rings (SSSR count). The van der Waals surface area contributed by atoms with E-state index in [1.807, 2.05) is 6.92 Å². The molecule has 2 aliphatic carbocycles. The normalized spacial score (nSPS) is 28.6. The summed E-state index contributed by atoms with van der Waals surface area (Å²) in [6.07, 6.45) is 3.21. The minimum absolute atomic E-state index is 0.138. The number of aromatic nitrogens is 2. The minimum atomic E-state index is -0.138. The molecule has 1 aromatic carbocycles. The predicted molar refractivity (Wildman–Crippen MR) is 76.9 cm³/mol. The molecule has 3 nitrogen and oxygen atoms in total. The first-order valence-electron chi connectivity index (χ1n) is 7.35. The lowest BCUT2D eigenvalue weighted by Crippen LogP contribution is -2.00. The van der Waals surface area contributed by atoms with Crippen LogP contribution >= 0.6 is 11.6 Å². The van der Waals surface area contributed by atoms with Crippen LogP contribution in [0.4, 0.5) is 0 Å². The third kappa shape index (κ3) is 1.80. The summed E-state index contributed by atoms with van der Waals surface area (Å²) in [5.74, 6) is 3.07. The number of rotatable bonds is 3. The molecule has 20 heavy (non-hydrogen) atoms. The molecule has 1 aromatic heterocycles. The zero-order valence-electron chi connectivity index (χ0n) is 11.4. The quantitative estimate of drug-likeness (QED) is 0.795. The van der Waals surface area contributed by atoms with Crippen molar-refractivity contribution in [1.82, 2.24) is 10.1 Å². The Bertz CT molecular complexity index is 639. The van der Waals surface area contributed by atoms with Crippen molar-refractivity contribution in [2.45, 2.75) is 43.4 Å².